The van der Waals surface area contributed by atoms with Gasteiger partial charge in [-0.2, -0.15) is 0 Å². The van der Waals surface area contributed by atoms with E-state index in [2.05, 4.69) is 15.4 Å². The molecule has 2 heterocycles. The molecule has 1 aromatic heterocycles. The summed E-state index contributed by atoms with van der Waals surface area (Å²) in [5.41, 5.74) is 2.07. The Hall–Kier alpha value is -2.38. The molecule has 2 aromatic rings. The second-order valence-electron chi connectivity index (χ2n) is 5.74. The first-order valence-corrected chi connectivity index (χ1v) is 7.96. The number of aliphatic hydroxyl groups is 1. The van der Waals surface area contributed by atoms with Gasteiger partial charge in [0.25, 0.3) is 5.91 Å². The van der Waals surface area contributed by atoms with Crippen molar-refractivity contribution >= 4 is 11.6 Å². The lowest BCUT2D eigenvalue weighted by molar-refractivity contribution is 0.0907. The van der Waals surface area contributed by atoms with E-state index in [1.807, 2.05) is 24.3 Å². The van der Waals surface area contributed by atoms with E-state index in [4.69, 9.17) is 9.26 Å². The topological polar surface area (TPSA) is 87.8 Å². The maximum Gasteiger partial charge on any atom is 0.273 e. The van der Waals surface area contributed by atoms with Crippen molar-refractivity contribution in [3.05, 3.63) is 47.3 Å². The van der Waals surface area contributed by atoms with Gasteiger partial charge in [-0.25, -0.2) is 0 Å². The molecule has 0 aliphatic carbocycles. The predicted molar refractivity (Wildman–Crippen MR) is 88.0 cm³/mol. The first-order valence-electron chi connectivity index (χ1n) is 7.96. The number of aliphatic hydroxyl groups excluding tert-OH is 1. The molecule has 7 heteroatoms. The number of hydrogen-bond donors (Lipinski definition) is 2. The van der Waals surface area contributed by atoms with Crippen molar-refractivity contribution in [3.63, 3.8) is 0 Å². The number of morpholine rings is 1. The Labute approximate surface area is 140 Å². The highest BCUT2D eigenvalue weighted by atomic mass is 16.5. The van der Waals surface area contributed by atoms with Crippen molar-refractivity contribution in [2.24, 2.45) is 0 Å². The van der Waals surface area contributed by atoms with Crippen molar-refractivity contribution in [3.8, 4) is 0 Å². The van der Waals surface area contributed by atoms with Crippen LogP contribution in [0.15, 0.2) is 34.9 Å². The Bertz CT molecular complexity index is 677. The van der Waals surface area contributed by atoms with E-state index in [1.165, 1.54) is 0 Å². The van der Waals surface area contributed by atoms with Crippen LogP contribution in [0.4, 0.5) is 5.69 Å². The zero-order chi connectivity index (χ0) is 16.9. The van der Waals surface area contributed by atoms with E-state index >= 15 is 0 Å². The molecule has 1 atom stereocenters. The predicted octanol–water partition coefficient (Wildman–Crippen LogP) is 1.28. The van der Waals surface area contributed by atoms with E-state index in [0.717, 1.165) is 37.6 Å². The number of aryl methyl sites for hydroxylation is 1. The average Bonchev–Trinajstić information content (AvgIpc) is 3.07. The summed E-state index contributed by atoms with van der Waals surface area (Å²) in [6.07, 6.45) is -0.777. The molecule has 2 N–H and O–H groups in total. The highest BCUT2D eigenvalue weighted by molar-refractivity contribution is 5.92. The van der Waals surface area contributed by atoms with Crippen LogP contribution >= 0.6 is 0 Å². The number of ether oxygens (including phenoxy) is 1. The molecule has 1 unspecified atom stereocenters. The maximum absolute atomic E-state index is 11.9. The molecule has 0 saturated carbocycles. The van der Waals surface area contributed by atoms with Crippen LogP contribution in [0.25, 0.3) is 0 Å². The number of carbonyl (C=O) groups excluding carboxylic acids is 1. The van der Waals surface area contributed by atoms with Crippen LogP contribution in [-0.2, 0) is 4.74 Å². The molecule has 1 fully saturated rings. The fourth-order valence-electron chi connectivity index (χ4n) is 2.60. The SMILES string of the molecule is Cc1cc(C(=O)NCC(O)c2ccc(N3CCOCC3)cc2)no1. The molecule has 1 amide bonds. The molecule has 0 spiro atoms. The minimum atomic E-state index is -0.777. The molecule has 128 valence electrons. The van der Waals surface area contributed by atoms with Crippen LogP contribution in [0.5, 0.6) is 0 Å². The number of carbonyl (C=O) groups is 1. The second-order valence-corrected chi connectivity index (χ2v) is 5.74. The Morgan fingerprint density at radius 1 is 1.33 bits per heavy atom. The van der Waals surface area contributed by atoms with E-state index < -0.39 is 6.10 Å². The van der Waals surface area contributed by atoms with Gasteiger partial charge in [0.1, 0.15) is 5.76 Å². The van der Waals surface area contributed by atoms with Crippen LogP contribution < -0.4 is 10.2 Å². The summed E-state index contributed by atoms with van der Waals surface area (Å²) in [5.74, 6) is 0.204. The van der Waals surface area contributed by atoms with E-state index in [-0.39, 0.29) is 18.1 Å². The molecule has 1 aliphatic rings. The smallest absolute Gasteiger partial charge is 0.273 e. The van der Waals surface area contributed by atoms with Gasteiger partial charge in [-0.1, -0.05) is 17.3 Å². The molecule has 3 rings (SSSR count). The van der Waals surface area contributed by atoms with Crippen LogP contribution in [0.3, 0.4) is 0 Å². The first kappa shape index (κ1) is 16.5. The van der Waals surface area contributed by atoms with E-state index in [1.54, 1.807) is 13.0 Å². The zero-order valence-electron chi connectivity index (χ0n) is 13.6. The lowest BCUT2D eigenvalue weighted by Crippen LogP contribution is -2.36. The van der Waals surface area contributed by atoms with Crippen LogP contribution in [0.2, 0.25) is 0 Å². The van der Waals surface area contributed by atoms with Gasteiger partial charge in [0, 0.05) is 31.4 Å². The Morgan fingerprint density at radius 3 is 2.67 bits per heavy atom. The van der Waals surface area contributed by atoms with E-state index in [0.29, 0.717) is 5.76 Å². The highest BCUT2D eigenvalue weighted by Gasteiger charge is 2.15. The average molecular weight is 331 g/mol. The van der Waals surface area contributed by atoms with Crippen molar-refractivity contribution in [1.82, 2.24) is 10.5 Å². The summed E-state index contributed by atoms with van der Waals surface area (Å²) in [4.78, 5) is 14.1. The van der Waals surface area contributed by atoms with Gasteiger partial charge in [0.2, 0.25) is 0 Å². The van der Waals surface area contributed by atoms with E-state index in [9.17, 15) is 9.90 Å². The van der Waals surface area contributed by atoms with Crippen molar-refractivity contribution in [2.45, 2.75) is 13.0 Å². The third-order valence-electron chi connectivity index (χ3n) is 3.97. The number of benzene rings is 1. The lowest BCUT2D eigenvalue weighted by Gasteiger charge is -2.29. The van der Waals surface area contributed by atoms with Crippen molar-refractivity contribution in [1.29, 1.82) is 0 Å². The van der Waals surface area contributed by atoms with Crippen LogP contribution in [-0.4, -0.2) is 49.0 Å². The van der Waals surface area contributed by atoms with Gasteiger partial charge in [-0.3, -0.25) is 4.79 Å². The van der Waals surface area contributed by atoms with Gasteiger partial charge in [-0.05, 0) is 24.6 Å². The Kier molecular flexibility index (Phi) is 5.12. The summed E-state index contributed by atoms with van der Waals surface area (Å²) in [6.45, 7) is 5.04. The molecule has 0 radical (unpaired) electrons. The monoisotopic (exact) mass is 331 g/mol. The normalized spacial score (nSPS) is 16.0. The number of nitrogens with zero attached hydrogens (tertiary/aromatic N) is 2. The highest BCUT2D eigenvalue weighted by Crippen LogP contribution is 2.20. The molecule has 1 aliphatic heterocycles. The number of hydrogen-bond acceptors (Lipinski definition) is 6. The summed E-state index contributed by atoms with van der Waals surface area (Å²) in [7, 11) is 0. The Morgan fingerprint density at radius 2 is 2.04 bits per heavy atom. The lowest BCUT2D eigenvalue weighted by atomic mass is 10.1. The third kappa shape index (κ3) is 3.93. The number of anilines is 1. The standard InChI is InChI=1S/C17H21N3O4/c1-12-10-15(19-24-12)17(22)18-11-16(21)13-2-4-14(5-3-13)20-6-8-23-9-7-20/h2-5,10,16,21H,6-9,11H2,1H3,(H,18,22). The van der Waals surface area contributed by atoms with Crippen LogP contribution in [0, 0.1) is 6.92 Å². The van der Waals surface area contributed by atoms with Gasteiger partial charge >= 0.3 is 0 Å². The molecular formula is C17H21N3O4. The van der Waals surface area contributed by atoms with Gasteiger partial charge in [-0.15, -0.1) is 0 Å². The zero-order valence-corrected chi connectivity index (χ0v) is 13.6. The van der Waals surface area contributed by atoms with Gasteiger partial charge < -0.3 is 24.6 Å². The quantitative estimate of drug-likeness (QED) is 0.858. The molecule has 1 saturated heterocycles. The first-order chi connectivity index (χ1) is 11.6. The van der Waals surface area contributed by atoms with Crippen LogP contribution in [0.1, 0.15) is 27.9 Å². The molecule has 7 nitrogen and oxygen atoms in total. The third-order valence-corrected chi connectivity index (χ3v) is 3.97. The van der Waals surface area contributed by atoms with Gasteiger partial charge in [0.05, 0.1) is 19.3 Å². The minimum Gasteiger partial charge on any atom is -0.387 e. The van der Waals surface area contributed by atoms with Crippen molar-refractivity contribution < 1.29 is 19.2 Å². The molecule has 0 bridgehead atoms. The largest absolute Gasteiger partial charge is 0.387 e. The Balaban J connectivity index is 1.54. The van der Waals surface area contributed by atoms with Crippen molar-refractivity contribution in [2.75, 3.05) is 37.7 Å². The number of amides is 1. The summed E-state index contributed by atoms with van der Waals surface area (Å²) < 4.78 is 10.2. The number of rotatable bonds is 5. The minimum absolute atomic E-state index is 0.113. The molecule has 1 aromatic carbocycles. The summed E-state index contributed by atoms with van der Waals surface area (Å²) in [5, 5.41) is 16.5. The number of nitrogens with one attached hydrogen (secondary N) is 1. The fraction of sp³-hybridized carbons (Fsp3) is 0.412. The molecule has 24 heavy (non-hydrogen) atoms. The fourth-order valence-corrected chi connectivity index (χ4v) is 2.60. The second kappa shape index (κ2) is 7.46. The number of aromatic nitrogens is 1. The summed E-state index contributed by atoms with van der Waals surface area (Å²) in [6, 6.07) is 9.27. The summed E-state index contributed by atoms with van der Waals surface area (Å²) >= 11 is 0. The van der Waals surface area contributed by atoms with Gasteiger partial charge in [0.15, 0.2) is 5.69 Å². The molecular weight excluding hydrogens is 310 g/mol. The maximum atomic E-state index is 11.9.